The van der Waals surface area contributed by atoms with Crippen molar-refractivity contribution in [1.82, 2.24) is 0 Å². The average Bonchev–Trinajstić information content (AvgIpc) is 2.17. The molecule has 0 bridgehead atoms. The molecular formula is C13H18O2. The maximum absolute atomic E-state index is 11.5. The Balaban J connectivity index is 2.49. The van der Waals surface area contributed by atoms with Gasteiger partial charge in [0.25, 0.3) is 0 Å². The van der Waals surface area contributed by atoms with Crippen LogP contribution >= 0.6 is 0 Å². The summed E-state index contributed by atoms with van der Waals surface area (Å²) >= 11 is 0. The van der Waals surface area contributed by atoms with Gasteiger partial charge in [-0.1, -0.05) is 44.2 Å². The molecule has 0 aromatic heterocycles. The highest BCUT2D eigenvalue weighted by atomic mass is 16.3. The van der Waals surface area contributed by atoms with Crippen LogP contribution in [0.3, 0.4) is 0 Å². The molecule has 1 N–H and O–H groups in total. The second kappa shape index (κ2) is 5.66. The second-order valence-electron chi connectivity index (χ2n) is 4.27. The minimum absolute atomic E-state index is 0.126. The van der Waals surface area contributed by atoms with E-state index in [9.17, 15) is 9.90 Å². The van der Waals surface area contributed by atoms with Crippen molar-refractivity contribution in [1.29, 1.82) is 0 Å². The van der Waals surface area contributed by atoms with Crippen LogP contribution < -0.4 is 0 Å². The fourth-order valence-electron chi connectivity index (χ4n) is 1.55. The first-order valence-corrected chi connectivity index (χ1v) is 5.34. The summed E-state index contributed by atoms with van der Waals surface area (Å²) in [7, 11) is 0. The predicted molar refractivity (Wildman–Crippen MR) is 60.5 cm³/mol. The van der Waals surface area contributed by atoms with Crippen molar-refractivity contribution in [2.24, 2.45) is 5.92 Å². The summed E-state index contributed by atoms with van der Waals surface area (Å²) in [5.74, 6) is 0.488. The number of benzene rings is 1. The molecule has 0 aliphatic rings. The van der Waals surface area contributed by atoms with Crippen LogP contribution in [0.4, 0.5) is 0 Å². The lowest BCUT2D eigenvalue weighted by atomic mass is 9.99. The van der Waals surface area contributed by atoms with Crippen LogP contribution in [-0.2, 0) is 4.79 Å². The summed E-state index contributed by atoms with van der Waals surface area (Å²) in [6.45, 7) is 4.01. The number of rotatable bonds is 5. The third kappa shape index (κ3) is 4.26. The van der Waals surface area contributed by atoms with Crippen LogP contribution in [0.1, 0.15) is 38.4 Å². The molecule has 15 heavy (non-hydrogen) atoms. The smallest absolute Gasteiger partial charge is 0.136 e. The van der Waals surface area contributed by atoms with E-state index in [2.05, 4.69) is 0 Å². The Labute approximate surface area is 90.9 Å². The van der Waals surface area contributed by atoms with Gasteiger partial charge in [-0.2, -0.15) is 0 Å². The van der Waals surface area contributed by atoms with Gasteiger partial charge in [0.15, 0.2) is 0 Å². The SMILES string of the molecule is CC(C)CC(=O)C[C@@H](O)c1ccccc1. The van der Waals surface area contributed by atoms with Crippen molar-refractivity contribution >= 4 is 5.78 Å². The largest absolute Gasteiger partial charge is 0.388 e. The number of carbonyl (C=O) groups excluding carboxylic acids is 1. The van der Waals surface area contributed by atoms with E-state index < -0.39 is 6.10 Å². The Kier molecular flexibility index (Phi) is 4.50. The van der Waals surface area contributed by atoms with Crippen molar-refractivity contribution in [3.05, 3.63) is 35.9 Å². The Bertz CT molecular complexity index is 304. The van der Waals surface area contributed by atoms with Gasteiger partial charge in [0.1, 0.15) is 5.78 Å². The second-order valence-corrected chi connectivity index (χ2v) is 4.27. The molecule has 0 fully saturated rings. The lowest BCUT2D eigenvalue weighted by Gasteiger charge is -2.10. The Morgan fingerprint density at radius 2 is 1.80 bits per heavy atom. The van der Waals surface area contributed by atoms with Crippen LogP contribution in [-0.4, -0.2) is 10.9 Å². The topological polar surface area (TPSA) is 37.3 Å². The molecule has 2 heteroatoms. The Morgan fingerprint density at radius 3 is 2.33 bits per heavy atom. The van der Waals surface area contributed by atoms with E-state index in [0.717, 1.165) is 5.56 Å². The molecule has 0 saturated heterocycles. The summed E-state index contributed by atoms with van der Waals surface area (Å²) in [6.07, 6.45) is 0.115. The fraction of sp³-hybridized carbons (Fsp3) is 0.462. The molecule has 0 aliphatic heterocycles. The molecule has 1 aromatic rings. The number of hydrogen-bond donors (Lipinski definition) is 1. The van der Waals surface area contributed by atoms with Gasteiger partial charge in [0.05, 0.1) is 6.10 Å². The number of Topliss-reactive ketones (excluding diaryl/α,β-unsaturated/α-hetero) is 1. The molecular weight excluding hydrogens is 188 g/mol. The Morgan fingerprint density at radius 1 is 1.20 bits per heavy atom. The molecule has 1 aromatic carbocycles. The molecule has 0 spiro atoms. The van der Waals surface area contributed by atoms with E-state index in [1.165, 1.54) is 0 Å². The summed E-state index contributed by atoms with van der Waals surface area (Å²) in [5, 5.41) is 9.78. The fourth-order valence-corrected chi connectivity index (χ4v) is 1.55. The van der Waals surface area contributed by atoms with Crippen molar-refractivity contribution in [3.63, 3.8) is 0 Å². The van der Waals surface area contributed by atoms with Crippen LogP contribution in [0.25, 0.3) is 0 Å². The number of aliphatic hydroxyl groups is 1. The van der Waals surface area contributed by atoms with Gasteiger partial charge in [-0.25, -0.2) is 0 Å². The number of ketones is 1. The molecule has 1 atom stereocenters. The quantitative estimate of drug-likeness (QED) is 0.804. The number of aliphatic hydroxyl groups excluding tert-OH is 1. The van der Waals surface area contributed by atoms with Gasteiger partial charge in [-0.15, -0.1) is 0 Å². The molecule has 2 nitrogen and oxygen atoms in total. The summed E-state index contributed by atoms with van der Waals surface area (Å²) in [4.78, 5) is 11.5. The maximum Gasteiger partial charge on any atom is 0.136 e. The van der Waals surface area contributed by atoms with Crippen molar-refractivity contribution < 1.29 is 9.90 Å². The van der Waals surface area contributed by atoms with Crippen molar-refractivity contribution in [3.8, 4) is 0 Å². The molecule has 0 heterocycles. The van der Waals surface area contributed by atoms with Crippen LogP contribution in [0.5, 0.6) is 0 Å². The van der Waals surface area contributed by atoms with Crippen LogP contribution in [0, 0.1) is 5.92 Å². The van der Waals surface area contributed by atoms with Crippen LogP contribution in [0.15, 0.2) is 30.3 Å². The third-order valence-electron chi connectivity index (χ3n) is 2.24. The van der Waals surface area contributed by atoms with Gasteiger partial charge in [0, 0.05) is 12.8 Å². The van der Waals surface area contributed by atoms with Gasteiger partial charge < -0.3 is 5.11 Å². The molecule has 1 rings (SSSR count). The molecule has 82 valence electrons. The summed E-state index contributed by atoms with van der Waals surface area (Å²) in [5.41, 5.74) is 0.814. The van der Waals surface area contributed by atoms with E-state index in [0.29, 0.717) is 12.3 Å². The minimum Gasteiger partial charge on any atom is -0.388 e. The molecule has 0 amide bonds. The summed E-state index contributed by atoms with van der Waals surface area (Å²) in [6, 6.07) is 9.31. The Hall–Kier alpha value is -1.15. The first-order chi connectivity index (χ1) is 7.09. The van der Waals surface area contributed by atoms with Crippen molar-refractivity contribution in [2.75, 3.05) is 0 Å². The molecule has 0 saturated carbocycles. The highest BCUT2D eigenvalue weighted by Gasteiger charge is 2.13. The van der Waals surface area contributed by atoms with Gasteiger partial charge in [-0.05, 0) is 11.5 Å². The highest BCUT2D eigenvalue weighted by Crippen LogP contribution is 2.18. The predicted octanol–water partition coefficient (Wildman–Crippen LogP) is 2.73. The van der Waals surface area contributed by atoms with E-state index in [4.69, 9.17) is 0 Å². The average molecular weight is 206 g/mol. The lowest BCUT2D eigenvalue weighted by Crippen LogP contribution is -2.08. The van der Waals surface area contributed by atoms with Gasteiger partial charge in [0.2, 0.25) is 0 Å². The standard InChI is InChI=1S/C13H18O2/c1-10(2)8-12(14)9-13(15)11-6-4-3-5-7-11/h3-7,10,13,15H,8-9H2,1-2H3/t13-/m1/s1. The van der Waals surface area contributed by atoms with E-state index >= 15 is 0 Å². The monoisotopic (exact) mass is 206 g/mol. The zero-order valence-corrected chi connectivity index (χ0v) is 9.31. The van der Waals surface area contributed by atoms with E-state index in [1.54, 1.807) is 0 Å². The maximum atomic E-state index is 11.5. The first-order valence-electron chi connectivity index (χ1n) is 5.34. The highest BCUT2D eigenvalue weighted by molar-refractivity contribution is 5.79. The van der Waals surface area contributed by atoms with Crippen molar-refractivity contribution in [2.45, 2.75) is 32.8 Å². The molecule has 0 aliphatic carbocycles. The number of hydrogen-bond acceptors (Lipinski definition) is 2. The minimum atomic E-state index is -0.655. The zero-order valence-electron chi connectivity index (χ0n) is 9.31. The van der Waals surface area contributed by atoms with Crippen LogP contribution in [0.2, 0.25) is 0 Å². The third-order valence-corrected chi connectivity index (χ3v) is 2.24. The summed E-state index contributed by atoms with van der Waals surface area (Å²) < 4.78 is 0. The normalized spacial score (nSPS) is 12.8. The van der Waals surface area contributed by atoms with Gasteiger partial charge >= 0.3 is 0 Å². The first kappa shape index (κ1) is 11.9. The number of carbonyl (C=O) groups is 1. The molecule has 0 radical (unpaired) electrons. The zero-order chi connectivity index (χ0) is 11.3. The molecule has 0 unspecified atom stereocenters. The van der Waals surface area contributed by atoms with E-state index in [-0.39, 0.29) is 12.2 Å². The van der Waals surface area contributed by atoms with E-state index in [1.807, 2.05) is 44.2 Å². The van der Waals surface area contributed by atoms with Gasteiger partial charge in [-0.3, -0.25) is 4.79 Å². The lowest BCUT2D eigenvalue weighted by molar-refractivity contribution is -0.121.